The van der Waals surface area contributed by atoms with Crippen LogP contribution in [-0.2, 0) is 4.79 Å². The molecule has 144 valence electrons. The van der Waals surface area contributed by atoms with E-state index < -0.39 is 5.97 Å². The smallest absolute Gasteiger partial charge is 0.306 e. The molecule has 6 heteroatoms. The van der Waals surface area contributed by atoms with E-state index >= 15 is 0 Å². The van der Waals surface area contributed by atoms with Gasteiger partial charge in [0, 0.05) is 17.2 Å². The highest BCUT2D eigenvalue weighted by molar-refractivity contribution is 6.33. The Kier molecular flexibility index (Phi) is 5.35. The van der Waals surface area contributed by atoms with Crippen LogP contribution in [0.5, 0.6) is 0 Å². The Bertz CT molecular complexity index is 960. The highest BCUT2D eigenvalue weighted by Crippen LogP contribution is 2.37. The van der Waals surface area contributed by atoms with Gasteiger partial charge in [0.15, 0.2) is 11.7 Å². The van der Waals surface area contributed by atoms with Gasteiger partial charge in [-0.25, -0.2) is 4.98 Å². The van der Waals surface area contributed by atoms with Crippen LogP contribution in [0.15, 0.2) is 59.1 Å². The van der Waals surface area contributed by atoms with Gasteiger partial charge >= 0.3 is 5.97 Å². The van der Waals surface area contributed by atoms with Crippen molar-refractivity contribution < 1.29 is 14.3 Å². The molecule has 1 heterocycles. The minimum absolute atomic E-state index is 0.200. The third-order valence-corrected chi connectivity index (χ3v) is 5.60. The maximum absolute atomic E-state index is 11.1. The predicted octanol–water partition coefficient (Wildman–Crippen LogP) is 6.10. The zero-order chi connectivity index (χ0) is 19.5. The van der Waals surface area contributed by atoms with Crippen LogP contribution in [0.3, 0.4) is 0 Å². The average Bonchev–Trinajstić information content (AvgIpc) is 3.21. The number of rotatable bonds is 5. The highest BCUT2D eigenvalue weighted by atomic mass is 35.5. The van der Waals surface area contributed by atoms with Gasteiger partial charge in [0.1, 0.15) is 0 Å². The molecule has 2 aromatic carbocycles. The van der Waals surface area contributed by atoms with Gasteiger partial charge in [-0.2, -0.15) is 0 Å². The van der Waals surface area contributed by atoms with E-state index in [9.17, 15) is 4.79 Å². The first kappa shape index (κ1) is 18.6. The normalized spacial score (nSPS) is 19.3. The number of nitrogens with zero attached hydrogens (tertiary/aromatic N) is 1. The fourth-order valence-electron chi connectivity index (χ4n) is 3.63. The molecule has 0 spiro atoms. The van der Waals surface area contributed by atoms with Crippen LogP contribution >= 0.6 is 11.6 Å². The molecule has 0 saturated heterocycles. The lowest BCUT2D eigenvalue weighted by atomic mass is 9.82. The van der Waals surface area contributed by atoms with Gasteiger partial charge in [-0.3, -0.25) is 4.79 Å². The molecule has 1 aliphatic rings. The van der Waals surface area contributed by atoms with Gasteiger partial charge in [-0.1, -0.05) is 23.7 Å². The van der Waals surface area contributed by atoms with E-state index in [1.54, 1.807) is 6.20 Å². The summed E-state index contributed by atoms with van der Waals surface area (Å²) in [4.78, 5) is 15.5. The molecule has 0 unspecified atom stereocenters. The quantitative estimate of drug-likeness (QED) is 0.545. The average molecular weight is 397 g/mol. The SMILES string of the molecule is O=C(O)C1CCC(c2ncc(-c3ccc(Nc4ccccc4Cl)cc3)o2)CC1. The number of carboxylic acid groups (broad SMARTS) is 1. The molecule has 0 bridgehead atoms. The zero-order valence-electron chi connectivity index (χ0n) is 15.3. The largest absolute Gasteiger partial charge is 0.481 e. The number of para-hydroxylation sites is 1. The summed E-state index contributed by atoms with van der Waals surface area (Å²) >= 11 is 6.19. The van der Waals surface area contributed by atoms with Gasteiger partial charge in [-0.05, 0) is 62.1 Å². The Morgan fingerprint density at radius 1 is 1.07 bits per heavy atom. The molecule has 3 aromatic rings. The van der Waals surface area contributed by atoms with Crippen LogP contribution < -0.4 is 5.32 Å². The van der Waals surface area contributed by atoms with Gasteiger partial charge < -0.3 is 14.8 Å². The number of oxazole rings is 1. The van der Waals surface area contributed by atoms with Crippen LogP contribution in [0.4, 0.5) is 11.4 Å². The monoisotopic (exact) mass is 396 g/mol. The minimum Gasteiger partial charge on any atom is -0.481 e. The van der Waals surface area contributed by atoms with E-state index in [0.29, 0.717) is 23.8 Å². The number of hydrogen-bond acceptors (Lipinski definition) is 4. The Hall–Kier alpha value is -2.79. The van der Waals surface area contributed by atoms with Crippen molar-refractivity contribution in [2.45, 2.75) is 31.6 Å². The van der Waals surface area contributed by atoms with E-state index in [1.807, 2.05) is 48.5 Å². The van der Waals surface area contributed by atoms with E-state index in [-0.39, 0.29) is 11.8 Å². The third kappa shape index (κ3) is 4.04. The van der Waals surface area contributed by atoms with Crippen LogP contribution in [0.2, 0.25) is 5.02 Å². The number of nitrogens with one attached hydrogen (secondary N) is 1. The molecule has 1 aromatic heterocycles. The summed E-state index contributed by atoms with van der Waals surface area (Å²) < 4.78 is 5.98. The van der Waals surface area contributed by atoms with E-state index in [1.165, 1.54) is 0 Å². The first-order valence-electron chi connectivity index (χ1n) is 9.40. The lowest BCUT2D eigenvalue weighted by Crippen LogP contribution is -2.20. The van der Waals surface area contributed by atoms with E-state index in [4.69, 9.17) is 21.1 Å². The predicted molar refractivity (Wildman–Crippen MR) is 109 cm³/mol. The molecule has 28 heavy (non-hydrogen) atoms. The fourth-order valence-corrected chi connectivity index (χ4v) is 3.82. The standard InChI is InChI=1S/C22H21ClN2O3/c23-18-3-1-2-4-19(18)25-17-11-9-14(10-12-17)20-13-24-21(28-20)15-5-7-16(8-6-15)22(26)27/h1-4,9-13,15-16,25H,5-8H2,(H,26,27). The number of anilines is 2. The highest BCUT2D eigenvalue weighted by Gasteiger charge is 2.29. The van der Waals surface area contributed by atoms with Gasteiger partial charge in [0.25, 0.3) is 0 Å². The number of hydrogen-bond donors (Lipinski definition) is 2. The summed E-state index contributed by atoms with van der Waals surface area (Å²) in [5.41, 5.74) is 2.74. The van der Waals surface area contributed by atoms with Crippen molar-refractivity contribution in [3.63, 3.8) is 0 Å². The van der Waals surface area contributed by atoms with Crippen molar-refractivity contribution in [2.75, 3.05) is 5.32 Å². The summed E-state index contributed by atoms with van der Waals surface area (Å²) in [6.45, 7) is 0. The first-order chi connectivity index (χ1) is 13.6. The molecule has 1 aliphatic carbocycles. The second-order valence-electron chi connectivity index (χ2n) is 7.13. The van der Waals surface area contributed by atoms with E-state index in [2.05, 4.69) is 10.3 Å². The fraction of sp³-hybridized carbons (Fsp3) is 0.273. The molecule has 5 nitrogen and oxygen atoms in total. The van der Waals surface area contributed by atoms with Crippen molar-refractivity contribution in [3.8, 4) is 11.3 Å². The molecular formula is C22H21ClN2O3. The van der Waals surface area contributed by atoms with Crippen LogP contribution in [-0.4, -0.2) is 16.1 Å². The number of aromatic nitrogens is 1. The molecule has 1 fully saturated rings. The number of carbonyl (C=O) groups is 1. The summed E-state index contributed by atoms with van der Waals surface area (Å²) in [6.07, 6.45) is 4.71. The molecule has 0 aliphatic heterocycles. The van der Waals surface area contributed by atoms with Gasteiger partial charge in [0.2, 0.25) is 0 Å². The lowest BCUT2D eigenvalue weighted by Gasteiger charge is -2.23. The molecule has 0 radical (unpaired) electrons. The molecule has 1 saturated carbocycles. The molecule has 4 rings (SSSR count). The Morgan fingerprint density at radius 3 is 2.46 bits per heavy atom. The Balaban J connectivity index is 1.43. The topological polar surface area (TPSA) is 75.4 Å². The van der Waals surface area contributed by atoms with Gasteiger partial charge in [-0.15, -0.1) is 0 Å². The minimum atomic E-state index is -0.697. The summed E-state index contributed by atoms with van der Waals surface area (Å²) in [5.74, 6) is 0.697. The Labute approximate surface area is 168 Å². The second-order valence-corrected chi connectivity index (χ2v) is 7.54. The van der Waals surface area contributed by atoms with Crippen molar-refractivity contribution >= 4 is 28.9 Å². The zero-order valence-corrected chi connectivity index (χ0v) is 16.0. The van der Waals surface area contributed by atoms with Crippen molar-refractivity contribution in [1.82, 2.24) is 4.98 Å². The maximum atomic E-state index is 11.1. The summed E-state index contributed by atoms with van der Waals surface area (Å²) in [7, 11) is 0. The summed E-state index contributed by atoms with van der Waals surface area (Å²) in [5, 5.41) is 13.1. The third-order valence-electron chi connectivity index (χ3n) is 5.27. The number of benzene rings is 2. The first-order valence-corrected chi connectivity index (χ1v) is 9.78. The van der Waals surface area contributed by atoms with E-state index in [0.717, 1.165) is 35.5 Å². The van der Waals surface area contributed by atoms with Crippen molar-refractivity contribution in [3.05, 3.63) is 65.6 Å². The molecule has 0 atom stereocenters. The lowest BCUT2D eigenvalue weighted by molar-refractivity contribution is -0.142. The number of carboxylic acids is 1. The molecule has 2 N–H and O–H groups in total. The molecule has 0 amide bonds. The van der Waals surface area contributed by atoms with Crippen molar-refractivity contribution in [2.24, 2.45) is 5.92 Å². The molecular weight excluding hydrogens is 376 g/mol. The maximum Gasteiger partial charge on any atom is 0.306 e. The summed E-state index contributed by atoms with van der Waals surface area (Å²) in [6, 6.07) is 15.5. The van der Waals surface area contributed by atoms with Crippen LogP contribution in [0.25, 0.3) is 11.3 Å². The van der Waals surface area contributed by atoms with Crippen LogP contribution in [0, 0.1) is 5.92 Å². The van der Waals surface area contributed by atoms with Crippen molar-refractivity contribution in [1.29, 1.82) is 0 Å². The number of halogens is 1. The second kappa shape index (κ2) is 8.07. The Morgan fingerprint density at radius 2 is 1.79 bits per heavy atom. The van der Waals surface area contributed by atoms with Crippen LogP contribution in [0.1, 0.15) is 37.5 Å². The number of aliphatic carboxylic acids is 1. The van der Waals surface area contributed by atoms with Gasteiger partial charge in [0.05, 0.1) is 22.8 Å².